The molecule has 14 heavy (non-hydrogen) atoms. The summed E-state index contributed by atoms with van der Waals surface area (Å²) in [7, 11) is 0. The molecule has 0 aromatic heterocycles. The van der Waals surface area contributed by atoms with Crippen LogP contribution in [-0.4, -0.2) is 23.4 Å². The summed E-state index contributed by atoms with van der Waals surface area (Å²) in [6, 6.07) is 0. The van der Waals surface area contributed by atoms with Crippen LogP contribution in [0.25, 0.3) is 0 Å². The molecule has 0 bridgehead atoms. The Morgan fingerprint density at radius 3 is 1.93 bits per heavy atom. The van der Waals surface area contributed by atoms with Gasteiger partial charge in [-0.1, -0.05) is 32.1 Å². The molecule has 0 aromatic carbocycles. The molecule has 2 N–H and O–H groups in total. The monoisotopic (exact) mass is 198 g/mol. The van der Waals surface area contributed by atoms with Crippen molar-refractivity contribution in [2.45, 2.75) is 44.9 Å². The van der Waals surface area contributed by atoms with Crippen molar-refractivity contribution in [3.63, 3.8) is 0 Å². The van der Waals surface area contributed by atoms with Crippen LogP contribution in [0.1, 0.15) is 44.9 Å². The minimum Gasteiger partial charge on any atom is -0.396 e. The highest BCUT2D eigenvalue weighted by atomic mass is 16.3. The van der Waals surface area contributed by atoms with E-state index < -0.39 is 0 Å². The molecule has 0 atom stereocenters. The van der Waals surface area contributed by atoms with Crippen LogP contribution in [-0.2, 0) is 0 Å². The van der Waals surface area contributed by atoms with Gasteiger partial charge in [-0.15, -0.1) is 0 Å². The Kier molecular flexibility index (Phi) is 3.13. The van der Waals surface area contributed by atoms with Gasteiger partial charge in [-0.25, -0.2) is 0 Å². The van der Waals surface area contributed by atoms with Gasteiger partial charge in [-0.05, 0) is 24.7 Å². The van der Waals surface area contributed by atoms with E-state index in [2.05, 4.69) is 0 Å². The first-order valence-electron chi connectivity index (χ1n) is 6.01. The molecule has 0 aliphatic heterocycles. The SMILES string of the molecule is OCC1(CO)CC(C2CCCCC2)C1. The molecule has 0 amide bonds. The normalized spacial score (nSPS) is 28.7. The largest absolute Gasteiger partial charge is 0.396 e. The molecule has 0 spiro atoms. The highest BCUT2D eigenvalue weighted by Crippen LogP contribution is 2.51. The summed E-state index contributed by atoms with van der Waals surface area (Å²) in [5.41, 5.74) is -0.109. The van der Waals surface area contributed by atoms with Crippen LogP contribution in [0.2, 0.25) is 0 Å². The smallest absolute Gasteiger partial charge is 0.0509 e. The van der Waals surface area contributed by atoms with Crippen LogP contribution < -0.4 is 0 Å². The molecule has 82 valence electrons. The summed E-state index contributed by atoms with van der Waals surface area (Å²) in [6.45, 7) is 0.347. The number of hydrogen-bond donors (Lipinski definition) is 2. The van der Waals surface area contributed by atoms with Gasteiger partial charge in [0, 0.05) is 5.41 Å². The second kappa shape index (κ2) is 4.19. The van der Waals surface area contributed by atoms with E-state index in [9.17, 15) is 10.2 Å². The van der Waals surface area contributed by atoms with Crippen LogP contribution in [0.4, 0.5) is 0 Å². The third-order valence-corrected chi connectivity index (χ3v) is 4.38. The van der Waals surface area contributed by atoms with Crippen molar-refractivity contribution in [3.05, 3.63) is 0 Å². The standard InChI is InChI=1S/C12H22O2/c13-8-12(9-14)6-11(7-12)10-4-2-1-3-5-10/h10-11,13-14H,1-9H2. The number of rotatable bonds is 3. The average molecular weight is 198 g/mol. The maximum atomic E-state index is 9.19. The van der Waals surface area contributed by atoms with Crippen molar-refractivity contribution in [2.75, 3.05) is 13.2 Å². The van der Waals surface area contributed by atoms with Crippen molar-refractivity contribution in [2.24, 2.45) is 17.3 Å². The molecule has 2 nitrogen and oxygen atoms in total. The zero-order chi connectivity index (χ0) is 10.0. The molecule has 0 heterocycles. The highest BCUT2D eigenvalue weighted by Gasteiger charge is 2.46. The van der Waals surface area contributed by atoms with Gasteiger partial charge in [-0.2, -0.15) is 0 Å². The lowest BCUT2D eigenvalue weighted by Gasteiger charge is -2.49. The van der Waals surface area contributed by atoms with Gasteiger partial charge in [-0.3, -0.25) is 0 Å². The Hall–Kier alpha value is -0.0800. The zero-order valence-corrected chi connectivity index (χ0v) is 8.91. The van der Waals surface area contributed by atoms with Crippen LogP contribution in [0.15, 0.2) is 0 Å². The third-order valence-electron chi connectivity index (χ3n) is 4.38. The molecule has 2 rings (SSSR count). The lowest BCUT2D eigenvalue weighted by molar-refractivity contribution is -0.0723. The van der Waals surface area contributed by atoms with E-state index in [1.165, 1.54) is 32.1 Å². The average Bonchev–Trinajstić information content (AvgIpc) is 2.19. The van der Waals surface area contributed by atoms with Crippen LogP contribution in [0, 0.1) is 17.3 Å². The fourth-order valence-electron chi connectivity index (χ4n) is 3.30. The molecule has 2 heteroatoms. The maximum Gasteiger partial charge on any atom is 0.0509 e. The lowest BCUT2D eigenvalue weighted by Crippen LogP contribution is -2.46. The van der Waals surface area contributed by atoms with Gasteiger partial charge in [0.2, 0.25) is 0 Å². The first-order valence-corrected chi connectivity index (χ1v) is 6.01. The van der Waals surface area contributed by atoms with Crippen LogP contribution >= 0.6 is 0 Å². The molecule has 0 radical (unpaired) electrons. The van der Waals surface area contributed by atoms with Gasteiger partial charge >= 0.3 is 0 Å². The molecular formula is C12H22O2. The molecule has 2 fully saturated rings. The quantitative estimate of drug-likeness (QED) is 0.727. The van der Waals surface area contributed by atoms with Gasteiger partial charge < -0.3 is 10.2 Å². The van der Waals surface area contributed by atoms with Crippen LogP contribution in [0.5, 0.6) is 0 Å². The molecule has 2 aliphatic carbocycles. The highest BCUT2D eigenvalue weighted by molar-refractivity contribution is 4.95. The van der Waals surface area contributed by atoms with Crippen molar-refractivity contribution < 1.29 is 10.2 Å². The van der Waals surface area contributed by atoms with E-state index in [1.807, 2.05) is 0 Å². The van der Waals surface area contributed by atoms with Gasteiger partial charge in [0.05, 0.1) is 13.2 Å². The van der Waals surface area contributed by atoms with E-state index >= 15 is 0 Å². The fraction of sp³-hybridized carbons (Fsp3) is 1.00. The molecule has 0 saturated heterocycles. The van der Waals surface area contributed by atoms with E-state index in [1.54, 1.807) is 0 Å². The van der Waals surface area contributed by atoms with Crippen LogP contribution in [0.3, 0.4) is 0 Å². The van der Waals surface area contributed by atoms with Crippen molar-refractivity contribution in [3.8, 4) is 0 Å². The first kappa shape index (κ1) is 10.4. The first-order chi connectivity index (χ1) is 6.79. The Morgan fingerprint density at radius 2 is 1.43 bits per heavy atom. The lowest BCUT2D eigenvalue weighted by atomic mass is 9.57. The van der Waals surface area contributed by atoms with Gasteiger partial charge in [0.25, 0.3) is 0 Å². The summed E-state index contributed by atoms with van der Waals surface area (Å²) in [4.78, 5) is 0. The molecule has 0 aromatic rings. The second-order valence-electron chi connectivity index (χ2n) is 5.38. The minimum atomic E-state index is -0.109. The van der Waals surface area contributed by atoms with Crippen molar-refractivity contribution >= 4 is 0 Å². The van der Waals surface area contributed by atoms with Crippen molar-refractivity contribution in [1.29, 1.82) is 0 Å². The Labute approximate surface area is 86.3 Å². The predicted octanol–water partition coefficient (Wildman–Crippen LogP) is 1.95. The summed E-state index contributed by atoms with van der Waals surface area (Å²) in [6.07, 6.45) is 9.09. The third kappa shape index (κ3) is 1.82. The maximum absolute atomic E-state index is 9.19. The summed E-state index contributed by atoms with van der Waals surface area (Å²) in [5.74, 6) is 1.70. The van der Waals surface area contributed by atoms with Crippen molar-refractivity contribution in [1.82, 2.24) is 0 Å². The summed E-state index contributed by atoms with van der Waals surface area (Å²) >= 11 is 0. The Morgan fingerprint density at radius 1 is 0.857 bits per heavy atom. The van der Waals surface area contributed by atoms with E-state index in [-0.39, 0.29) is 18.6 Å². The van der Waals surface area contributed by atoms with E-state index in [0.717, 1.165) is 24.7 Å². The topological polar surface area (TPSA) is 40.5 Å². The molecule has 2 saturated carbocycles. The fourth-order valence-corrected chi connectivity index (χ4v) is 3.30. The zero-order valence-electron chi connectivity index (χ0n) is 8.91. The Bertz CT molecular complexity index is 173. The Balaban J connectivity index is 1.80. The predicted molar refractivity (Wildman–Crippen MR) is 55.9 cm³/mol. The molecule has 2 aliphatic rings. The molecule has 0 unspecified atom stereocenters. The van der Waals surface area contributed by atoms with Gasteiger partial charge in [0.15, 0.2) is 0 Å². The number of aliphatic hydroxyl groups excluding tert-OH is 2. The molecular weight excluding hydrogens is 176 g/mol. The van der Waals surface area contributed by atoms with Gasteiger partial charge in [0.1, 0.15) is 0 Å². The summed E-state index contributed by atoms with van der Waals surface area (Å²) in [5, 5.41) is 18.4. The van der Waals surface area contributed by atoms with E-state index in [0.29, 0.717) is 0 Å². The minimum absolute atomic E-state index is 0.109. The second-order valence-corrected chi connectivity index (χ2v) is 5.38. The number of hydrogen-bond acceptors (Lipinski definition) is 2. The summed E-state index contributed by atoms with van der Waals surface area (Å²) < 4.78 is 0. The number of aliphatic hydroxyl groups is 2. The van der Waals surface area contributed by atoms with E-state index in [4.69, 9.17) is 0 Å².